The Kier molecular flexibility index (Phi) is 11.6. The number of amides is 1. The zero-order valence-electron chi connectivity index (χ0n) is 28.8. The van der Waals surface area contributed by atoms with Crippen LogP contribution < -0.4 is 19.1 Å². The minimum Gasteiger partial charge on any atom is -0.619 e. The van der Waals surface area contributed by atoms with Gasteiger partial charge >= 0.3 is 18.2 Å². The molecule has 3 saturated heterocycles. The molecule has 1 unspecified atom stereocenters. The summed E-state index contributed by atoms with van der Waals surface area (Å²) >= 11 is 12.8. The number of piperidine rings is 3. The molecule has 1 amide bonds. The fourth-order valence-electron chi connectivity index (χ4n) is 6.72. The van der Waals surface area contributed by atoms with E-state index in [-0.39, 0.29) is 40.2 Å². The monoisotopic (exact) mass is 773 g/mol. The number of alkyl halides is 3. The van der Waals surface area contributed by atoms with Gasteiger partial charge in [-0.15, -0.1) is 0 Å². The molecule has 0 spiro atoms. The predicted octanol–water partition coefficient (Wildman–Crippen LogP) is 8.04. The summed E-state index contributed by atoms with van der Waals surface area (Å²) in [6.07, 6.45) is -2.81. The first-order valence-corrected chi connectivity index (χ1v) is 17.5. The van der Waals surface area contributed by atoms with Gasteiger partial charge in [-0.3, -0.25) is 9.80 Å². The number of benzene rings is 3. The molecule has 53 heavy (non-hydrogen) atoms. The zero-order chi connectivity index (χ0) is 37.9. The van der Waals surface area contributed by atoms with Gasteiger partial charge in [0.15, 0.2) is 23.9 Å². The van der Waals surface area contributed by atoms with Crippen LogP contribution in [0.2, 0.25) is 10.0 Å². The molecule has 7 rings (SSSR count). The number of hydrogen-bond donors (Lipinski definition) is 0. The van der Waals surface area contributed by atoms with Crippen molar-refractivity contribution in [1.82, 2.24) is 4.90 Å². The van der Waals surface area contributed by atoms with Crippen molar-refractivity contribution < 1.29 is 46.4 Å². The summed E-state index contributed by atoms with van der Waals surface area (Å²) in [6.45, 7) is 2.19. The van der Waals surface area contributed by atoms with Crippen LogP contribution in [-0.2, 0) is 28.6 Å². The Morgan fingerprint density at radius 1 is 0.962 bits per heavy atom. The first-order valence-electron chi connectivity index (χ1n) is 16.8. The highest BCUT2D eigenvalue weighted by Gasteiger charge is 2.38. The second-order valence-electron chi connectivity index (χ2n) is 12.9. The van der Waals surface area contributed by atoms with E-state index in [1.807, 2.05) is 0 Å². The molecule has 0 aliphatic carbocycles. The lowest BCUT2D eigenvalue weighted by Gasteiger charge is -2.44. The van der Waals surface area contributed by atoms with Gasteiger partial charge in [0.1, 0.15) is 22.3 Å². The molecule has 10 nitrogen and oxygen atoms in total. The summed E-state index contributed by atoms with van der Waals surface area (Å²) < 4.78 is 64.5. The molecule has 15 heteroatoms. The largest absolute Gasteiger partial charge is 0.619 e. The summed E-state index contributed by atoms with van der Waals surface area (Å²) in [6, 6.07) is 15.7. The number of nitrogens with zero attached hydrogens (tertiary/aromatic N) is 3. The smallest absolute Gasteiger partial charge is 0.416 e. The lowest BCUT2D eigenvalue weighted by Crippen LogP contribution is -2.53. The number of hydrogen-bond acceptors (Lipinski definition) is 8. The minimum absolute atomic E-state index is 0.0105. The van der Waals surface area contributed by atoms with Crippen LogP contribution in [0, 0.1) is 11.1 Å². The van der Waals surface area contributed by atoms with Crippen molar-refractivity contribution in [1.29, 1.82) is 0 Å². The van der Waals surface area contributed by atoms with E-state index in [1.165, 1.54) is 38.5 Å². The van der Waals surface area contributed by atoms with Gasteiger partial charge in [0.05, 0.1) is 31.9 Å². The van der Waals surface area contributed by atoms with E-state index in [0.29, 0.717) is 39.5 Å². The highest BCUT2D eigenvalue weighted by Crippen LogP contribution is 2.37. The van der Waals surface area contributed by atoms with Gasteiger partial charge in [0.2, 0.25) is 0 Å². The number of aromatic nitrogens is 1. The third-order valence-corrected chi connectivity index (χ3v) is 10.2. The Balaban J connectivity index is 1.29. The molecule has 3 aromatic carbocycles. The van der Waals surface area contributed by atoms with Crippen molar-refractivity contribution in [2.75, 3.05) is 38.8 Å². The van der Waals surface area contributed by atoms with E-state index in [9.17, 15) is 28.0 Å². The number of rotatable bonds is 11. The third-order valence-electron chi connectivity index (χ3n) is 9.53. The topological polar surface area (TPSA) is 104 Å². The second kappa shape index (κ2) is 16.1. The van der Waals surface area contributed by atoms with Crippen molar-refractivity contribution in [3.63, 3.8) is 0 Å². The number of fused-ring (bicyclic) bond motifs is 3. The van der Waals surface area contributed by atoms with E-state index in [0.717, 1.165) is 55.4 Å². The van der Waals surface area contributed by atoms with Crippen molar-refractivity contribution in [2.24, 2.45) is 5.92 Å². The molecule has 4 aromatic rings. The average Bonchev–Trinajstić information content (AvgIpc) is 3.14. The minimum atomic E-state index is -4.64. The predicted molar refractivity (Wildman–Crippen MR) is 190 cm³/mol. The number of halogens is 5. The fourth-order valence-corrected chi connectivity index (χ4v) is 7.32. The van der Waals surface area contributed by atoms with Gasteiger partial charge in [-0.05, 0) is 85.4 Å². The van der Waals surface area contributed by atoms with Crippen LogP contribution in [-0.4, -0.2) is 56.9 Å². The number of methoxy groups -OCH3 is 2. The SMILES string of the molecule is COc1ccc(C(Cc2c(Cl)c[n+]([O-])cc2Cl)OC(=O)c2cccc(CN(C(=O)O[C@H]3CN4CCC3CC4)c3cccc(C(F)(F)F)c3)c2)cc1OC. The second-order valence-corrected chi connectivity index (χ2v) is 13.7. The molecule has 0 radical (unpaired) electrons. The van der Waals surface area contributed by atoms with Crippen LogP contribution in [0.1, 0.15) is 51.6 Å². The molecule has 3 aliphatic rings. The quantitative estimate of drug-likeness (QED) is 0.0858. The third kappa shape index (κ3) is 8.91. The Labute approximate surface area is 314 Å². The van der Waals surface area contributed by atoms with E-state index in [1.54, 1.807) is 30.3 Å². The maximum atomic E-state index is 13.8. The fraction of sp³-hybridized carbons (Fsp3) is 0.342. The van der Waals surface area contributed by atoms with Gasteiger partial charge < -0.3 is 24.2 Å². The standard InChI is InChI=1S/C38H36Cl2F3N3O7/c1-50-32-10-9-25(16-34(32)51-2)33(18-29-30(39)20-45(49)21-31(29)40)52-36(47)26-6-3-5-23(15-26)19-46(28-8-4-7-27(17-28)38(41,42)43)37(48)53-35-22-44-13-11-24(35)12-14-44/h3-10,15-17,20-21,24,33,35H,11-14,18-19,22H2,1-2H3/t33?,35-/m0/s1. The first kappa shape index (κ1) is 38.0. The van der Waals surface area contributed by atoms with Gasteiger partial charge in [-0.25, -0.2) is 9.59 Å². The van der Waals surface area contributed by atoms with E-state index < -0.39 is 36.0 Å². The van der Waals surface area contributed by atoms with Gasteiger partial charge in [0, 0.05) is 24.2 Å². The van der Waals surface area contributed by atoms with Gasteiger partial charge in [0.25, 0.3) is 0 Å². The highest BCUT2D eigenvalue weighted by atomic mass is 35.5. The summed E-state index contributed by atoms with van der Waals surface area (Å²) in [5.41, 5.74) is 0.468. The molecule has 2 atom stereocenters. The van der Waals surface area contributed by atoms with Crippen LogP contribution >= 0.6 is 23.2 Å². The molecule has 2 bridgehead atoms. The summed E-state index contributed by atoms with van der Waals surface area (Å²) in [5.74, 6) is 0.227. The normalized spacial score (nSPS) is 18.6. The Bertz CT molecular complexity index is 1950. The Hall–Kier alpha value is -4.72. The van der Waals surface area contributed by atoms with Crippen molar-refractivity contribution in [2.45, 2.75) is 44.2 Å². The number of carbonyl (C=O) groups is 2. The molecule has 280 valence electrons. The molecule has 0 saturated carbocycles. The van der Waals surface area contributed by atoms with E-state index in [2.05, 4.69) is 4.90 Å². The maximum absolute atomic E-state index is 13.8. The molecular formula is C38H36Cl2F3N3O7. The Morgan fingerprint density at radius 2 is 1.66 bits per heavy atom. The van der Waals surface area contributed by atoms with Gasteiger partial charge in [-0.2, -0.15) is 17.9 Å². The van der Waals surface area contributed by atoms with Crippen LogP contribution in [0.15, 0.2) is 79.1 Å². The molecule has 4 heterocycles. The summed E-state index contributed by atoms with van der Waals surface area (Å²) in [5, 5.41) is 12.0. The van der Waals surface area contributed by atoms with Crippen LogP contribution in [0.25, 0.3) is 0 Å². The molecule has 0 N–H and O–H groups in total. The molecular weight excluding hydrogens is 738 g/mol. The zero-order valence-corrected chi connectivity index (χ0v) is 30.3. The summed E-state index contributed by atoms with van der Waals surface area (Å²) in [4.78, 5) is 30.9. The first-order chi connectivity index (χ1) is 25.3. The number of carbonyl (C=O) groups excluding carboxylic acids is 2. The Morgan fingerprint density at radius 3 is 2.30 bits per heavy atom. The van der Waals surface area contributed by atoms with Crippen LogP contribution in [0.4, 0.5) is 23.7 Å². The van der Waals surface area contributed by atoms with Gasteiger partial charge in [-0.1, -0.05) is 47.5 Å². The van der Waals surface area contributed by atoms with E-state index in [4.69, 9.17) is 42.1 Å². The number of pyridine rings is 1. The van der Waals surface area contributed by atoms with Crippen molar-refractivity contribution in [3.05, 3.63) is 122 Å². The average molecular weight is 775 g/mol. The highest BCUT2D eigenvalue weighted by molar-refractivity contribution is 6.35. The number of ether oxygens (including phenoxy) is 4. The van der Waals surface area contributed by atoms with Crippen LogP contribution in [0.3, 0.4) is 0 Å². The number of anilines is 1. The van der Waals surface area contributed by atoms with Crippen molar-refractivity contribution >= 4 is 41.0 Å². The molecule has 3 fully saturated rings. The lowest BCUT2D eigenvalue weighted by molar-refractivity contribution is -0.605. The lowest BCUT2D eigenvalue weighted by atomic mass is 9.86. The molecule has 3 aliphatic heterocycles. The number of esters is 1. The molecule has 1 aromatic heterocycles. The maximum Gasteiger partial charge on any atom is 0.416 e. The van der Waals surface area contributed by atoms with Crippen LogP contribution in [0.5, 0.6) is 11.5 Å². The summed E-state index contributed by atoms with van der Waals surface area (Å²) in [7, 11) is 2.94. The van der Waals surface area contributed by atoms with Crippen molar-refractivity contribution in [3.8, 4) is 11.5 Å². The van der Waals surface area contributed by atoms with E-state index >= 15 is 0 Å².